The molecule has 4 rings (SSSR count). The summed E-state index contributed by atoms with van der Waals surface area (Å²) in [4.78, 5) is 12.7. The molecule has 1 aromatic heterocycles. The minimum absolute atomic E-state index is 0.0436. The number of halogens is 1. The quantitative estimate of drug-likeness (QED) is 0.397. The predicted octanol–water partition coefficient (Wildman–Crippen LogP) is 4.21. The highest BCUT2D eigenvalue weighted by Crippen LogP contribution is 2.28. The van der Waals surface area contributed by atoms with E-state index in [4.69, 9.17) is 0 Å². The smallest absolute Gasteiger partial charge is 0.234 e. The largest absolute Gasteiger partial charge is 0.325 e. The van der Waals surface area contributed by atoms with Crippen LogP contribution in [0.1, 0.15) is 0 Å². The fraction of sp³-hybridized carbons (Fsp3) is 0.0870. The van der Waals surface area contributed by atoms with Crippen LogP contribution in [-0.4, -0.2) is 41.1 Å². The zero-order valence-electron chi connectivity index (χ0n) is 17.5. The molecule has 0 spiro atoms. The number of nitrogens with zero attached hydrogens (tertiary/aromatic N) is 3. The predicted molar refractivity (Wildman–Crippen MR) is 126 cm³/mol. The lowest BCUT2D eigenvalue weighted by molar-refractivity contribution is -0.113. The third kappa shape index (κ3) is 5.47. The number of nitrogens with one attached hydrogen (secondary N) is 1. The number of benzene rings is 3. The molecule has 0 fully saturated rings. The van der Waals surface area contributed by atoms with Crippen LogP contribution in [0.15, 0.2) is 88.9 Å². The van der Waals surface area contributed by atoms with Gasteiger partial charge in [-0.2, -0.15) is 0 Å². The molecular weight excluding hydrogens is 463 g/mol. The van der Waals surface area contributed by atoms with Crippen LogP contribution in [0, 0.1) is 5.82 Å². The number of hydrogen-bond acceptors (Lipinski definition) is 6. The monoisotopic (exact) mass is 482 g/mol. The fourth-order valence-corrected chi connectivity index (χ4v) is 4.46. The number of amides is 1. The number of carbonyl (C=O) groups excluding carboxylic acids is 1. The molecule has 0 radical (unpaired) electrons. The molecular formula is C23H19FN4O3S2. The van der Waals surface area contributed by atoms with Crippen molar-refractivity contribution >= 4 is 33.2 Å². The Labute approximate surface area is 194 Å². The summed E-state index contributed by atoms with van der Waals surface area (Å²) in [5.41, 5.74) is 1.98. The molecule has 0 unspecified atom stereocenters. The number of sulfone groups is 1. The molecule has 10 heteroatoms. The maximum absolute atomic E-state index is 13.5. The molecule has 1 N–H and O–H groups in total. The second-order valence-electron chi connectivity index (χ2n) is 7.12. The van der Waals surface area contributed by atoms with Crippen molar-refractivity contribution in [3.05, 3.63) is 84.7 Å². The molecule has 7 nitrogen and oxygen atoms in total. The Morgan fingerprint density at radius 1 is 0.970 bits per heavy atom. The van der Waals surface area contributed by atoms with Crippen LogP contribution in [0.5, 0.6) is 0 Å². The van der Waals surface area contributed by atoms with Gasteiger partial charge in [0.05, 0.1) is 10.6 Å². The van der Waals surface area contributed by atoms with Crippen molar-refractivity contribution in [1.29, 1.82) is 0 Å². The molecule has 0 aliphatic carbocycles. The third-order valence-electron chi connectivity index (χ3n) is 4.65. The van der Waals surface area contributed by atoms with Crippen LogP contribution in [-0.2, 0) is 14.6 Å². The summed E-state index contributed by atoms with van der Waals surface area (Å²) < 4.78 is 38.4. The Hall–Kier alpha value is -3.50. The van der Waals surface area contributed by atoms with Gasteiger partial charge in [0, 0.05) is 23.2 Å². The minimum Gasteiger partial charge on any atom is -0.325 e. The van der Waals surface area contributed by atoms with E-state index < -0.39 is 9.84 Å². The average Bonchev–Trinajstić information content (AvgIpc) is 3.22. The first-order valence-electron chi connectivity index (χ1n) is 9.81. The lowest BCUT2D eigenvalue weighted by Crippen LogP contribution is -2.14. The van der Waals surface area contributed by atoms with E-state index in [0.717, 1.165) is 11.8 Å². The Balaban J connectivity index is 1.54. The van der Waals surface area contributed by atoms with Crippen LogP contribution in [0.2, 0.25) is 0 Å². The number of anilines is 1. The number of rotatable bonds is 7. The van der Waals surface area contributed by atoms with Crippen molar-refractivity contribution in [3.63, 3.8) is 0 Å². The normalized spacial score (nSPS) is 11.3. The molecule has 0 saturated heterocycles. The molecule has 33 heavy (non-hydrogen) atoms. The zero-order chi connectivity index (χ0) is 23.4. The number of carbonyl (C=O) groups is 1. The molecule has 1 amide bonds. The van der Waals surface area contributed by atoms with Gasteiger partial charge >= 0.3 is 0 Å². The zero-order valence-corrected chi connectivity index (χ0v) is 19.1. The maximum atomic E-state index is 13.5. The van der Waals surface area contributed by atoms with Gasteiger partial charge in [0.1, 0.15) is 5.82 Å². The van der Waals surface area contributed by atoms with Crippen molar-refractivity contribution in [1.82, 2.24) is 14.8 Å². The van der Waals surface area contributed by atoms with E-state index in [0.29, 0.717) is 22.4 Å². The van der Waals surface area contributed by atoms with Gasteiger partial charge in [-0.05, 0) is 48.5 Å². The van der Waals surface area contributed by atoms with Gasteiger partial charge in [-0.15, -0.1) is 10.2 Å². The molecule has 0 atom stereocenters. The fourth-order valence-electron chi connectivity index (χ4n) is 3.07. The number of aromatic nitrogens is 3. The number of thioether (sulfide) groups is 1. The van der Waals surface area contributed by atoms with Gasteiger partial charge in [-0.1, -0.05) is 42.1 Å². The van der Waals surface area contributed by atoms with E-state index in [9.17, 15) is 17.6 Å². The summed E-state index contributed by atoms with van der Waals surface area (Å²) in [7, 11) is -3.31. The van der Waals surface area contributed by atoms with Crippen molar-refractivity contribution in [3.8, 4) is 17.1 Å². The summed E-state index contributed by atoms with van der Waals surface area (Å²) in [5.74, 6) is -0.0332. The molecule has 3 aromatic carbocycles. The Morgan fingerprint density at radius 2 is 1.64 bits per heavy atom. The van der Waals surface area contributed by atoms with Crippen LogP contribution >= 0.6 is 11.8 Å². The Bertz CT molecular complexity index is 1370. The first-order valence-corrected chi connectivity index (χ1v) is 12.7. The van der Waals surface area contributed by atoms with Crippen molar-refractivity contribution < 1.29 is 17.6 Å². The van der Waals surface area contributed by atoms with E-state index in [2.05, 4.69) is 15.5 Å². The standard InChI is InChI=1S/C23H19FN4O3S2/c1-33(30,31)20-13-9-18(10-14-20)25-21(29)15-32-23-27-26-22(16-5-3-2-4-6-16)28(23)19-11-7-17(24)8-12-19/h2-14H,15H2,1H3,(H,25,29). The molecule has 0 aliphatic rings. The summed E-state index contributed by atoms with van der Waals surface area (Å²) in [6.45, 7) is 0. The van der Waals surface area contributed by atoms with Gasteiger partial charge in [0.15, 0.2) is 20.8 Å². The van der Waals surface area contributed by atoms with E-state index in [1.54, 1.807) is 16.7 Å². The lowest BCUT2D eigenvalue weighted by Gasteiger charge is -2.11. The van der Waals surface area contributed by atoms with Crippen molar-refractivity contribution in [2.45, 2.75) is 10.1 Å². The molecule has 0 aliphatic heterocycles. The lowest BCUT2D eigenvalue weighted by atomic mass is 10.2. The first-order chi connectivity index (χ1) is 15.8. The van der Waals surface area contributed by atoms with E-state index in [1.807, 2.05) is 30.3 Å². The Kier molecular flexibility index (Phi) is 6.57. The highest BCUT2D eigenvalue weighted by Gasteiger charge is 2.17. The summed E-state index contributed by atoms with van der Waals surface area (Å²) in [6, 6.07) is 21.4. The second-order valence-corrected chi connectivity index (χ2v) is 10.1. The van der Waals surface area contributed by atoms with Crippen LogP contribution in [0.3, 0.4) is 0 Å². The van der Waals surface area contributed by atoms with Crippen molar-refractivity contribution in [2.24, 2.45) is 0 Å². The van der Waals surface area contributed by atoms with Gasteiger partial charge < -0.3 is 5.32 Å². The highest BCUT2D eigenvalue weighted by molar-refractivity contribution is 7.99. The van der Waals surface area contributed by atoms with Crippen LogP contribution in [0.25, 0.3) is 17.1 Å². The Morgan fingerprint density at radius 3 is 2.27 bits per heavy atom. The molecule has 1 heterocycles. The van der Waals surface area contributed by atoms with Gasteiger partial charge in [0.25, 0.3) is 0 Å². The summed E-state index contributed by atoms with van der Waals surface area (Å²) in [5, 5.41) is 11.7. The maximum Gasteiger partial charge on any atom is 0.234 e. The first kappa shape index (κ1) is 22.7. The van der Waals surface area contributed by atoms with Gasteiger partial charge in [-0.3, -0.25) is 9.36 Å². The third-order valence-corrected chi connectivity index (χ3v) is 6.71. The topological polar surface area (TPSA) is 93.9 Å². The minimum atomic E-state index is -3.31. The van der Waals surface area contributed by atoms with E-state index in [1.165, 1.54) is 48.2 Å². The van der Waals surface area contributed by atoms with E-state index in [-0.39, 0.29) is 22.4 Å². The highest BCUT2D eigenvalue weighted by atomic mass is 32.2. The average molecular weight is 483 g/mol. The van der Waals surface area contributed by atoms with Crippen LogP contribution in [0.4, 0.5) is 10.1 Å². The molecule has 4 aromatic rings. The second kappa shape index (κ2) is 9.55. The number of hydrogen-bond donors (Lipinski definition) is 1. The van der Waals surface area contributed by atoms with Gasteiger partial charge in [0.2, 0.25) is 5.91 Å². The molecule has 0 bridgehead atoms. The van der Waals surface area contributed by atoms with Crippen LogP contribution < -0.4 is 5.32 Å². The molecule has 0 saturated carbocycles. The summed E-state index contributed by atoms with van der Waals surface area (Å²) >= 11 is 1.18. The van der Waals surface area contributed by atoms with Gasteiger partial charge in [-0.25, -0.2) is 12.8 Å². The summed E-state index contributed by atoms with van der Waals surface area (Å²) in [6.07, 6.45) is 1.12. The SMILES string of the molecule is CS(=O)(=O)c1ccc(NC(=O)CSc2nnc(-c3ccccc3)n2-c2ccc(F)cc2)cc1. The molecule has 168 valence electrons. The van der Waals surface area contributed by atoms with E-state index >= 15 is 0 Å². The van der Waals surface area contributed by atoms with Crippen molar-refractivity contribution in [2.75, 3.05) is 17.3 Å².